The van der Waals surface area contributed by atoms with E-state index in [0.29, 0.717) is 11.5 Å². The molecule has 0 spiro atoms. The summed E-state index contributed by atoms with van der Waals surface area (Å²) >= 11 is 0. The molecule has 1 amide bonds. The van der Waals surface area contributed by atoms with Gasteiger partial charge >= 0.3 is 0 Å². The molecular formula is C22H22N2O. The molecule has 3 nitrogen and oxygen atoms in total. The van der Waals surface area contributed by atoms with Gasteiger partial charge in [0.15, 0.2) is 0 Å². The van der Waals surface area contributed by atoms with E-state index in [1.54, 1.807) is 0 Å². The molecule has 2 atom stereocenters. The highest BCUT2D eigenvalue weighted by molar-refractivity contribution is 6.12. The molecule has 0 aliphatic heterocycles. The number of anilines is 1. The van der Waals surface area contributed by atoms with Gasteiger partial charge in [0.25, 0.3) is 5.91 Å². The standard InChI is InChI=1S/C22H22N2O/c1-2-22(23)14-20(22)16-10-12-17(13-11-16)24-21(25)19-9-5-7-15-6-3-4-8-18(15)19/h3-13,20H,2,14,23H2,1H3,(H,24,25). The number of nitrogens with two attached hydrogens (primary N) is 1. The zero-order chi connectivity index (χ0) is 17.4. The summed E-state index contributed by atoms with van der Waals surface area (Å²) < 4.78 is 0. The number of hydrogen-bond donors (Lipinski definition) is 2. The fourth-order valence-electron chi connectivity index (χ4n) is 3.58. The largest absolute Gasteiger partial charge is 0.325 e. The van der Waals surface area contributed by atoms with Gasteiger partial charge in [-0.05, 0) is 47.4 Å². The maximum atomic E-state index is 12.7. The molecule has 25 heavy (non-hydrogen) atoms. The lowest BCUT2D eigenvalue weighted by molar-refractivity contribution is 0.102. The molecule has 1 aliphatic rings. The van der Waals surface area contributed by atoms with Gasteiger partial charge < -0.3 is 11.1 Å². The first-order chi connectivity index (χ1) is 12.1. The fraction of sp³-hybridized carbons (Fsp3) is 0.227. The van der Waals surface area contributed by atoms with Gasteiger partial charge in [-0.3, -0.25) is 4.79 Å². The average Bonchev–Trinajstić information content (AvgIpc) is 3.34. The Morgan fingerprint density at radius 3 is 2.52 bits per heavy atom. The van der Waals surface area contributed by atoms with E-state index in [1.165, 1.54) is 5.56 Å². The Morgan fingerprint density at radius 1 is 1.08 bits per heavy atom. The molecule has 2 unspecified atom stereocenters. The molecular weight excluding hydrogens is 308 g/mol. The van der Waals surface area contributed by atoms with Crippen molar-refractivity contribution in [3.05, 3.63) is 77.9 Å². The van der Waals surface area contributed by atoms with Crippen LogP contribution in [0, 0.1) is 0 Å². The Balaban J connectivity index is 1.53. The predicted molar refractivity (Wildman–Crippen MR) is 103 cm³/mol. The van der Waals surface area contributed by atoms with Gasteiger partial charge in [-0.15, -0.1) is 0 Å². The second kappa shape index (κ2) is 6.01. The first-order valence-corrected chi connectivity index (χ1v) is 8.79. The van der Waals surface area contributed by atoms with E-state index in [1.807, 2.05) is 54.6 Å². The molecule has 126 valence electrons. The molecule has 0 aromatic heterocycles. The van der Waals surface area contributed by atoms with Crippen LogP contribution in [0.1, 0.15) is 41.6 Å². The van der Waals surface area contributed by atoms with Crippen molar-refractivity contribution in [2.75, 3.05) is 5.32 Å². The summed E-state index contributed by atoms with van der Waals surface area (Å²) in [6.07, 6.45) is 2.04. The third-order valence-electron chi connectivity index (χ3n) is 5.38. The zero-order valence-corrected chi connectivity index (χ0v) is 14.3. The minimum absolute atomic E-state index is 0.0340. The van der Waals surface area contributed by atoms with Crippen molar-refractivity contribution in [2.24, 2.45) is 5.73 Å². The molecule has 0 bridgehead atoms. The third kappa shape index (κ3) is 2.92. The Hall–Kier alpha value is -2.65. The van der Waals surface area contributed by atoms with Crippen LogP contribution in [0.2, 0.25) is 0 Å². The number of rotatable bonds is 4. The lowest BCUT2D eigenvalue weighted by Gasteiger charge is -2.10. The van der Waals surface area contributed by atoms with E-state index >= 15 is 0 Å². The van der Waals surface area contributed by atoms with Crippen molar-refractivity contribution in [1.29, 1.82) is 0 Å². The van der Waals surface area contributed by atoms with Crippen molar-refractivity contribution in [2.45, 2.75) is 31.2 Å². The molecule has 1 saturated carbocycles. The minimum atomic E-state index is -0.0855. The van der Waals surface area contributed by atoms with Gasteiger partial charge in [0, 0.05) is 22.7 Å². The second-order valence-electron chi connectivity index (χ2n) is 6.95. The smallest absolute Gasteiger partial charge is 0.256 e. The molecule has 4 rings (SSSR count). The predicted octanol–water partition coefficient (Wildman–Crippen LogP) is 4.69. The van der Waals surface area contributed by atoms with Crippen LogP contribution in [0.4, 0.5) is 5.69 Å². The van der Waals surface area contributed by atoms with Crippen LogP contribution in [0.5, 0.6) is 0 Å². The molecule has 0 radical (unpaired) electrons. The average molecular weight is 330 g/mol. The number of amides is 1. The van der Waals surface area contributed by atoms with E-state index in [2.05, 4.69) is 24.4 Å². The molecule has 3 heteroatoms. The Bertz CT molecular complexity index is 927. The monoisotopic (exact) mass is 330 g/mol. The second-order valence-corrected chi connectivity index (χ2v) is 6.95. The van der Waals surface area contributed by atoms with Crippen LogP contribution in [-0.4, -0.2) is 11.4 Å². The van der Waals surface area contributed by atoms with Gasteiger partial charge in [-0.1, -0.05) is 55.5 Å². The topological polar surface area (TPSA) is 55.1 Å². The summed E-state index contributed by atoms with van der Waals surface area (Å²) in [5.41, 5.74) is 9.02. The quantitative estimate of drug-likeness (QED) is 0.729. The number of benzene rings is 3. The van der Waals surface area contributed by atoms with Crippen LogP contribution in [-0.2, 0) is 0 Å². The molecule has 3 aromatic rings. The minimum Gasteiger partial charge on any atom is -0.325 e. The third-order valence-corrected chi connectivity index (χ3v) is 5.38. The number of fused-ring (bicyclic) bond motifs is 1. The maximum Gasteiger partial charge on any atom is 0.256 e. The van der Waals surface area contributed by atoms with E-state index in [0.717, 1.165) is 29.3 Å². The highest BCUT2D eigenvalue weighted by atomic mass is 16.1. The number of hydrogen-bond acceptors (Lipinski definition) is 2. The first kappa shape index (κ1) is 15.9. The van der Waals surface area contributed by atoms with Crippen LogP contribution in [0.3, 0.4) is 0 Å². The molecule has 0 heterocycles. The van der Waals surface area contributed by atoms with Gasteiger partial charge in [0.05, 0.1) is 0 Å². The summed E-state index contributed by atoms with van der Waals surface area (Å²) in [6, 6.07) is 21.8. The number of carbonyl (C=O) groups is 1. The fourth-order valence-corrected chi connectivity index (χ4v) is 3.58. The van der Waals surface area contributed by atoms with Crippen molar-refractivity contribution in [3.63, 3.8) is 0 Å². The van der Waals surface area contributed by atoms with E-state index < -0.39 is 0 Å². The first-order valence-electron chi connectivity index (χ1n) is 8.79. The van der Waals surface area contributed by atoms with Crippen molar-refractivity contribution < 1.29 is 4.79 Å². The van der Waals surface area contributed by atoms with Crippen LogP contribution in [0.15, 0.2) is 66.7 Å². The summed E-state index contributed by atoms with van der Waals surface area (Å²) in [7, 11) is 0. The van der Waals surface area contributed by atoms with Gasteiger partial charge in [-0.2, -0.15) is 0 Å². The highest BCUT2D eigenvalue weighted by Gasteiger charge is 2.49. The Labute approximate surface area is 147 Å². The van der Waals surface area contributed by atoms with E-state index in [4.69, 9.17) is 5.73 Å². The van der Waals surface area contributed by atoms with Crippen molar-refractivity contribution in [1.82, 2.24) is 0 Å². The lowest BCUT2D eigenvalue weighted by atomic mass is 10.0. The zero-order valence-electron chi connectivity index (χ0n) is 14.3. The highest BCUT2D eigenvalue weighted by Crippen LogP contribution is 2.51. The van der Waals surface area contributed by atoms with Crippen LogP contribution < -0.4 is 11.1 Å². The summed E-state index contributed by atoms with van der Waals surface area (Å²) in [5, 5.41) is 5.03. The van der Waals surface area contributed by atoms with Crippen LogP contribution in [0.25, 0.3) is 10.8 Å². The Kier molecular flexibility index (Phi) is 3.81. The lowest BCUT2D eigenvalue weighted by Crippen LogP contribution is -2.22. The van der Waals surface area contributed by atoms with Crippen LogP contribution >= 0.6 is 0 Å². The number of nitrogens with one attached hydrogen (secondary N) is 1. The Morgan fingerprint density at radius 2 is 1.80 bits per heavy atom. The maximum absolute atomic E-state index is 12.7. The normalized spacial score (nSPS) is 21.9. The van der Waals surface area contributed by atoms with Gasteiger partial charge in [-0.25, -0.2) is 0 Å². The van der Waals surface area contributed by atoms with Gasteiger partial charge in [0.1, 0.15) is 0 Å². The van der Waals surface area contributed by atoms with E-state index in [9.17, 15) is 4.79 Å². The summed E-state index contributed by atoms with van der Waals surface area (Å²) in [4.78, 5) is 12.7. The molecule has 0 saturated heterocycles. The molecule has 1 fully saturated rings. The summed E-state index contributed by atoms with van der Waals surface area (Å²) in [6.45, 7) is 2.14. The van der Waals surface area contributed by atoms with Crippen molar-refractivity contribution in [3.8, 4) is 0 Å². The molecule has 3 aromatic carbocycles. The van der Waals surface area contributed by atoms with Crippen molar-refractivity contribution >= 4 is 22.4 Å². The molecule has 3 N–H and O–H groups in total. The SMILES string of the molecule is CCC1(N)CC1c1ccc(NC(=O)c2cccc3ccccc23)cc1. The number of carbonyl (C=O) groups excluding carboxylic acids is 1. The summed E-state index contributed by atoms with van der Waals surface area (Å²) in [5.74, 6) is 0.359. The van der Waals surface area contributed by atoms with E-state index in [-0.39, 0.29) is 11.4 Å². The molecule has 1 aliphatic carbocycles. The van der Waals surface area contributed by atoms with Gasteiger partial charge in [0.2, 0.25) is 0 Å².